The third-order valence-corrected chi connectivity index (χ3v) is 6.22. The molecule has 3 N–H and O–H groups in total. The number of benzene rings is 1. The van der Waals surface area contributed by atoms with Gasteiger partial charge in [-0.2, -0.15) is 0 Å². The monoisotopic (exact) mass is 702 g/mol. The van der Waals surface area contributed by atoms with Crippen LogP contribution in [0, 0.1) is 10.7 Å². The fourth-order valence-electron chi connectivity index (χ4n) is 1.81. The molecule has 1 aromatic rings. The van der Waals surface area contributed by atoms with E-state index >= 15 is 0 Å². The van der Waals surface area contributed by atoms with Crippen LogP contribution in [0.4, 0.5) is 11.4 Å². The van der Waals surface area contributed by atoms with Crippen LogP contribution in [-0.4, -0.2) is 54.2 Å². The number of hydrogen-bond donors (Lipinski definition) is 3. The van der Waals surface area contributed by atoms with Gasteiger partial charge in [-0.1, -0.05) is 0 Å². The van der Waals surface area contributed by atoms with Crippen molar-refractivity contribution in [2.75, 3.05) is 30.5 Å². The van der Waals surface area contributed by atoms with Gasteiger partial charge in [-0.3, -0.25) is 9.59 Å². The lowest BCUT2D eigenvalue weighted by molar-refractivity contribution is -0.143. The van der Waals surface area contributed by atoms with Gasteiger partial charge in [-0.25, -0.2) is 9.59 Å². The molecule has 0 bridgehead atoms. The Kier molecular flexibility index (Phi) is 8.94. The molecule has 0 aliphatic heterocycles. The molecular formula is C14H13I3N2O7. The van der Waals surface area contributed by atoms with Crippen molar-refractivity contribution in [1.29, 1.82) is 0 Å². The molecule has 0 atom stereocenters. The van der Waals surface area contributed by atoms with E-state index in [2.05, 4.69) is 5.32 Å². The molecule has 26 heavy (non-hydrogen) atoms. The highest BCUT2D eigenvalue weighted by Gasteiger charge is 2.28. The number of rotatable bonds is 7. The molecule has 0 aromatic heterocycles. The summed E-state index contributed by atoms with van der Waals surface area (Å²) in [7, 11) is 1.50. The van der Waals surface area contributed by atoms with E-state index < -0.39 is 31.1 Å². The van der Waals surface area contributed by atoms with Crippen LogP contribution in [0.2, 0.25) is 0 Å². The standard InChI is InChI=1S/C14H13I3N2O7/c1-5(20)19(2)13-10(16)8(14(24)25)9(15)12(11(13)17)18-6(21)3-26-4-7(22)23/h3-4H2,1-2H3,(H,18,21)(H,22,23)(H,24,25). The number of anilines is 2. The van der Waals surface area contributed by atoms with E-state index in [4.69, 9.17) is 9.84 Å². The van der Waals surface area contributed by atoms with E-state index in [1.54, 1.807) is 22.6 Å². The zero-order valence-corrected chi connectivity index (χ0v) is 19.9. The first-order chi connectivity index (χ1) is 12.0. The number of aliphatic carboxylic acids is 1. The van der Waals surface area contributed by atoms with E-state index in [9.17, 15) is 24.3 Å². The summed E-state index contributed by atoms with van der Waals surface area (Å²) in [6.45, 7) is 0.195. The van der Waals surface area contributed by atoms with Gasteiger partial charge < -0.3 is 25.2 Å². The smallest absolute Gasteiger partial charge is 0.338 e. The SMILES string of the molecule is CC(=O)N(C)c1c(I)c(NC(=O)COCC(=O)O)c(I)c(C(=O)O)c1I. The van der Waals surface area contributed by atoms with Crippen molar-refractivity contribution in [3.05, 3.63) is 16.3 Å². The van der Waals surface area contributed by atoms with E-state index in [0.29, 0.717) is 12.8 Å². The fraction of sp³-hybridized carbons (Fsp3) is 0.286. The largest absolute Gasteiger partial charge is 0.480 e. The first-order valence-electron chi connectivity index (χ1n) is 6.76. The van der Waals surface area contributed by atoms with Gasteiger partial charge in [0.05, 0.1) is 27.6 Å². The number of halogens is 3. The maximum Gasteiger partial charge on any atom is 0.338 e. The van der Waals surface area contributed by atoms with Gasteiger partial charge in [-0.15, -0.1) is 0 Å². The first-order valence-corrected chi connectivity index (χ1v) is 10.00. The van der Waals surface area contributed by atoms with E-state index in [1.807, 2.05) is 45.2 Å². The Morgan fingerprint density at radius 1 is 1.04 bits per heavy atom. The molecule has 9 nitrogen and oxygen atoms in total. The highest BCUT2D eigenvalue weighted by Crippen LogP contribution is 2.40. The highest BCUT2D eigenvalue weighted by molar-refractivity contribution is 14.1. The molecule has 0 saturated heterocycles. The van der Waals surface area contributed by atoms with Gasteiger partial charge in [-0.05, 0) is 67.8 Å². The molecule has 0 aliphatic rings. The van der Waals surface area contributed by atoms with Gasteiger partial charge in [0.15, 0.2) is 0 Å². The quantitative estimate of drug-likeness (QED) is 0.372. The summed E-state index contributed by atoms with van der Waals surface area (Å²) in [5.41, 5.74) is 0.533. The first kappa shape index (κ1) is 23.3. The Balaban J connectivity index is 3.38. The molecule has 142 valence electrons. The Morgan fingerprint density at radius 2 is 1.62 bits per heavy atom. The summed E-state index contributed by atoms with van der Waals surface area (Å²) in [6.07, 6.45) is 0. The molecule has 0 saturated carbocycles. The molecule has 0 spiro atoms. The van der Waals surface area contributed by atoms with Crippen molar-refractivity contribution < 1.29 is 34.1 Å². The van der Waals surface area contributed by atoms with Crippen LogP contribution in [0.5, 0.6) is 0 Å². The normalized spacial score (nSPS) is 10.3. The molecule has 0 fully saturated rings. The number of carbonyl (C=O) groups excluding carboxylic acids is 2. The molecule has 0 heterocycles. The average Bonchev–Trinajstić information content (AvgIpc) is 2.50. The van der Waals surface area contributed by atoms with Crippen LogP contribution in [0.15, 0.2) is 0 Å². The Morgan fingerprint density at radius 3 is 2.08 bits per heavy atom. The van der Waals surface area contributed by atoms with Crippen LogP contribution in [0.1, 0.15) is 17.3 Å². The summed E-state index contributed by atoms with van der Waals surface area (Å²) in [6, 6.07) is 0. The van der Waals surface area contributed by atoms with E-state index in [-0.39, 0.29) is 20.7 Å². The van der Waals surface area contributed by atoms with Crippen molar-refractivity contribution >= 4 is 103 Å². The van der Waals surface area contributed by atoms with Crippen LogP contribution in [-0.2, 0) is 19.1 Å². The average molecular weight is 702 g/mol. The summed E-state index contributed by atoms with van der Waals surface area (Å²) in [5, 5.41) is 20.6. The molecule has 1 rings (SSSR count). The minimum atomic E-state index is -1.21. The van der Waals surface area contributed by atoms with Crippen LogP contribution in [0.25, 0.3) is 0 Å². The molecule has 2 amide bonds. The Hall–Kier alpha value is -0.750. The number of aromatic carboxylic acids is 1. The molecule has 0 aliphatic carbocycles. The molecule has 0 radical (unpaired) electrons. The summed E-state index contributed by atoms with van der Waals surface area (Å²) in [5.74, 6) is -3.36. The zero-order chi connectivity index (χ0) is 20.2. The molecule has 0 unspecified atom stereocenters. The van der Waals surface area contributed by atoms with Gasteiger partial charge >= 0.3 is 11.9 Å². The number of carboxylic acids is 2. The summed E-state index contributed by atoms with van der Waals surface area (Å²) < 4.78 is 5.86. The molecule has 1 aromatic carbocycles. The summed E-state index contributed by atoms with van der Waals surface area (Å²) >= 11 is 5.57. The van der Waals surface area contributed by atoms with E-state index in [1.165, 1.54) is 18.9 Å². The lowest BCUT2D eigenvalue weighted by Gasteiger charge is -2.23. The minimum Gasteiger partial charge on any atom is -0.480 e. The van der Waals surface area contributed by atoms with Gasteiger partial charge in [0.1, 0.15) is 13.2 Å². The number of amides is 2. The highest BCUT2D eigenvalue weighted by atomic mass is 127. The van der Waals surface area contributed by atoms with Crippen molar-refractivity contribution in [1.82, 2.24) is 0 Å². The van der Waals surface area contributed by atoms with Crippen molar-refractivity contribution in [3.63, 3.8) is 0 Å². The number of carbonyl (C=O) groups is 4. The van der Waals surface area contributed by atoms with Crippen molar-refractivity contribution in [2.24, 2.45) is 0 Å². The number of hydrogen-bond acceptors (Lipinski definition) is 5. The number of carboxylic acid groups (broad SMARTS) is 2. The number of nitrogens with zero attached hydrogens (tertiary/aromatic N) is 1. The third-order valence-electron chi connectivity index (χ3n) is 3.04. The summed E-state index contributed by atoms with van der Waals surface area (Å²) in [4.78, 5) is 47.2. The van der Waals surface area contributed by atoms with Crippen molar-refractivity contribution in [3.8, 4) is 0 Å². The van der Waals surface area contributed by atoms with Gasteiger partial charge in [0, 0.05) is 14.0 Å². The molecule has 12 heteroatoms. The van der Waals surface area contributed by atoms with Crippen LogP contribution >= 0.6 is 67.8 Å². The molecular weight excluding hydrogens is 689 g/mol. The van der Waals surface area contributed by atoms with Crippen LogP contribution in [0.3, 0.4) is 0 Å². The lowest BCUT2D eigenvalue weighted by Crippen LogP contribution is -2.28. The third kappa shape index (κ3) is 5.62. The minimum absolute atomic E-state index is 0.0449. The van der Waals surface area contributed by atoms with Gasteiger partial charge in [0.2, 0.25) is 11.8 Å². The number of ether oxygens (including phenoxy) is 1. The Bertz CT molecular complexity index is 783. The second-order valence-corrected chi connectivity index (χ2v) is 8.09. The zero-order valence-electron chi connectivity index (χ0n) is 13.4. The van der Waals surface area contributed by atoms with E-state index in [0.717, 1.165) is 0 Å². The number of nitrogens with one attached hydrogen (secondary N) is 1. The van der Waals surface area contributed by atoms with Crippen LogP contribution < -0.4 is 10.2 Å². The topological polar surface area (TPSA) is 133 Å². The second-order valence-electron chi connectivity index (χ2n) is 4.86. The fourth-order valence-corrected chi connectivity index (χ4v) is 6.43. The predicted molar refractivity (Wildman–Crippen MR) is 118 cm³/mol. The van der Waals surface area contributed by atoms with Gasteiger partial charge in [0.25, 0.3) is 0 Å². The van der Waals surface area contributed by atoms with Crippen molar-refractivity contribution in [2.45, 2.75) is 6.92 Å². The maximum absolute atomic E-state index is 12.0. The predicted octanol–water partition coefficient (Wildman–Crippen LogP) is 2.22. The lowest BCUT2D eigenvalue weighted by atomic mass is 10.1. The second kappa shape index (κ2) is 9.98. The Labute approximate surface area is 189 Å². The maximum atomic E-state index is 12.0.